The summed E-state index contributed by atoms with van der Waals surface area (Å²) in [5.41, 5.74) is 3.29. The zero-order valence-corrected chi connectivity index (χ0v) is 19.8. The van der Waals surface area contributed by atoms with Crippen LogP contribution in [0.25, 0.3) is 0 Å². The van der Waals surface area contributed by atoms with Crippen LogP contribution in [0.15, 0.2) is 50.9 Å². The van der Waals surface area contributed by atoms with Gasteiger partial charge in [-0.1, -0.05) is 15.9 Å². The number of aliphatic imine (C=N–C) groups is 2. The lowest BCUT2D eigenvalue weighted by Gasteiger charge is -2.37. The second-order valence-corrected chi connectivity index (χ2v) is 8.89. The molecule has 0 amide bonds. The number of piperazine rings is 1. The highest BCUT2D eigenvalue weighted by atomic mass is 79.9. The Morgan fingerprint density at radius 2 is 1.84 bits per heavy atom. The number of benzene rings is 2. The van der Waals surface area contributed by atoms with E-state index in [1.165, 1.54) is 18.4 Å². The van der Waals surface area contributed by atoms with Crippen molar-refractivity contribution in [1.29, 1.82) is 0 Å². The molecule has 1 aliphatic heterocycles. The molecule has 7 heteroatoms. The summed E-state index contributed by atoms with van der Waals surface area (Å²) >= 11 is 3.62. The van der Waals surface area contributed by atoms with Crippen molar-refractivity contribution in [3.8, 4) is 11.5 Å². The number of ether oxygens (including phenoxy) is 2. The average Bonchev–Trinajstić information content (AvgIpc) is 3.64. The van der Waals surface area contributed by atoms with E-state index in [-0.39, 0.29) is 0 Å². The minimum absolute atomic E-state index is 0.482. The van der Waals surface area contributed by atoms with E-state index < -0.39 is 0 Å². The maximum Gasteiger partial charge on any atom is 0.142 e. The molecule has 0 N–H and O–H groups in total. The molecule has 2 aromatic carbocycles. The van der Waals surface area contributed by atoms with Gasteiger partial charge in [0, 0.05) is 49.2 Å². The number of rotatable bonds is 7. The number of nitrogens with zero attached hydrogens (tertiary/aromatic N) is 4. The quantitative estimate of drug-likeness (QED) is 0.412. The van der Waals surface area contributed by atoms with E-state index in [1.54, 1.807) is 14.2 Å². The van der Waals surface area contributed by atoms with E-state index in [0.29, 0.717) is 5.92 Å². The molecule has 0 atom stereocenters. The van der Waals surface area contributed by atoms with Gasteiger partial charge in [-0.2, -0.15) is 0 Å². The molecule has 164 valence electrons. The molecule has 0 bridgehead atoms. The van der Waals surface area contributed by atoms with Crippen LogP contribution in [0.2, 0.25) is 0 Å². The van der Waals surface area contributed by atoms with Crippen LogP contribution in [0.5, 0.6) is 11.5 Å². The van der Waals surface area contributed by atoms with E-state index in [4.69, 9.17) is 14.5 Å². The van der Waals surface area contributed by atoms with E-state index in [0.717, 1.165) is 65.9 Å². The molecule has 1 saturated carbocycles. The number of anilines is 1. The van der Waals surface area contributed by atoms with Crippen LogP contribution in [0, 0.1) is 5.92 Å². The Labute approximate surface area is 192 Å². The largest absolute Gasteiger partial charge is 0.497 e. The molecule has 0 aromatic heterocycles. The average molecular weight is 485 g/mol. The summed E-state index contributed by atoms with van der Waals surface area (Å²) in [6.07, 6.45) is 2.33. The second-order valence-electron chi connectivity index (χ2n) is 7.98. The molecule has 2 aliphatic rings. The molecule has 1 aliphatic carbocycles. The van der Waals surface area contributed by atoms with Gasteiger partial charge in [0.15, 0.2) is 0 Å². The summed E-state index contributed by atoms with van der Waals surface area (Å²) in [5.74, 6) is 3.08. The van der Waals surface area contributed by atoms with Gasteiger partial charge in [-0.3, -0.25) is 4.90 Å². The van der Waals surface area contributed by atoms with Crippen molar-refractivity contribution in [3.63, 3.8) is 0 Å². The van der Waals surface area contributed by atoms with Crippen molar-refractivity contribution >= 4 is 39.9 Å². The summed E-state index contributed by atoms with van der Waals surface area (Å²) in [4.78, 5) is 13.9. The van der Waals surface area contributed by atoms with Crippen LogP contribution in [-0.2, 0) is 6.54 Å². The topological polar surface area (TPSA) is 49.7 Å². The lowest BCUT2D eigenvalue weighted by atomic mass is 10.1. The van der Waals surface area contributed by atoms with Gasteiger partial charge in [0.05, 0.1) is 25.6 Å². The predicted octanol–water partition coefficient (Wildman–Crippen LogP) is 4.93. The van der Waals surface area contributed by atoms with Crippen LogP contribution in [0.3, 0.4) is 0 Å². The number of amidine groups is 1. The maximum atomic E-state index is 5.58. The first-order valence-corrected chi connectivity index (χ1v) is 11.4. The first kappa shape index (κ1) is 21.8. The van der Waals surface area contributed by atoms with Crippen LogP contribution in [-0.4, -0.2) is 57.9 Å². The Bertz CT molecular complexity index is 966. The van der Waals surface area contributed by atoms with Gasteiger partial charge in [-0.15, -0.1) is 0 Å². The molecule has 2 fully saturated rings. The standard InChI is InChI=1S/C24H29BrN4O2/c1-26-24(17-4-5-17)27-21-8-6-19(25)14-18(21)16-28-10-12-29(13-11-28)22-15-20(30-2)7-9-23(22)31-3/h6-9,14-15,17H,1,4-5,10-13,16H2,2-3H3. The van der Waals surface area contributed by atoms with Crippen molar-refractivity contribution in [2.45, 2.75) is 19.4 Å². The van der Waals surface area contributed by atoms with Gasteiger partial charge in [-0.25, -0.2) is 9.98 Å². The molecular weight excluding hydrogens is 456 g/mol. The Balaban J connectivity index is 1.46. The Hall–Kier alpha value is -2.38. The third kappa shape index (κ3) is 5.28. The van der Waals surface area contributed by atoms with Gasteiger partial charge >= 0.3 is 0 Å². The number of halogens is 1. The summed E-state index contributed by atoms with van der Waals surface area (Å²) in [7, 11) is 3.41. The molecule has 1 heterocycles. The fourth-order valence-corrected chi connectivity index (χ4v) is 4.35. The van der Waals surface area contributed by atoms with Gasteiger partial charge in [-0.05, 0) is 55.5 Å². The number of methoxy groups -OCH3 is 2. The monoisotopic (exact) mass is 484 g/mol. The highest BCUT2D eigenvalue weighted by Crippen LogP contribution is 2.35. The molecule has 31 heavy (non-hydrogen) atoms. The van der Waals surface area contributed by atoms with E-state index in [1.807, 2.05) is 18.2 Å². The second kappa shape index (κ2) is 9.83. The smallest absolute Gasteiger partial charge is 0.142 e. The normalized spacial score (nSPS) is 17.5. The molecule has 1 saturated heterocycles. The molecule has 0 unspecified atom stereocenters. The lowest BCUT2D eigenvalue weighted by Crippen LogP contribution is -2.46. The van der Waals surface area contributed by atoms with Gasteiger partial charge in [0.25, 0.3) is 0 Å². The fourth-order valence-electron chi connectivity index (χ4n) is 3.94. The van der Waals surface area contributed by atoms with Gasteiger partial charge < -0.3 is 14.4 Å². The van der Waals surface area contributed by atoms with Crippen LogP contribution in [0.4, 0.5) is 11.4 Å². The highest BCUT2D eigenvalue weighted by molar-refractivity contribution is 9.10. The Kier molecular flexibility index (Phi) is 6.92. The third-order valence-corrected chi connectivity index (χ3v) is 6.37. The summed E-state index contributed by atoms with van der Waals surface area (Å²) in [6, 6.07) is 12.2. The Morgan fingerprint density at radius 1 is 1.06 bits per heavy atom. The summed E-state index contributed by atoms with van der Waals surface area (Å²) in [5, 5.41) is 0. The zero-order valence-electron chi connectivity index (χ0n) is 18.2. The first-order valence-electron chi connectivity index (χ1n) is 10.6. The van der Waals surface area contributed by atoms with Gasteiger partial charge in [0.1, 0.15) is 17.3 Å². The first-order chi connectivity index (χ1) is 15.1. The van der Waals surface area contributed by atoms with E-state index in [9.17, 15) is 0 Å². The van der Waals surface area contributed by atoms with Crippen LogP contribution in [0.1, 0.15) is 18.4 Å². The minimum Gasteiger partial charge on any atom is -0.497 e. The third-order valence-electron chi connectivity index (χ3n) is 5.87. The molecule has 6 nitrogen and oxygen atoms in total. The SMILES string of the molecule is C=NC(=Nc1ccc(Br)cc1CN1CCN(c2cc(OC)ccc2OC)CC1)C1CC1. The fraction of sp³-hybridized carbons (Fsp3) is 0.417. The van der Waals surface area contributed by atoms with E-state index >= 15 is 0 Å². The van der Waals surface area contributed by atoms with Crippen LogP contribution < -0.4 is 14.4 Å². The lowest BCUT2D eigenvalue weighted by molar-refractivity contribution is 0.249. The highest BCUT2D eigenvalue weighted by Gasteiger charge is 2.27. The van der Waals surface area contributed by atoms with Crippen molar-refractivity contribution in [2.24, 2.45) is 15.9 Å². The van der Waals surface area contributed by atoms with E-state index in [2.05, 4.69) is 55.6 Å². The van der Waals surface area contributed by atoms with Crippen LogP contribution >= 0.6 is 15.9 Å². The Morgan fingerprint density at radius 3 is 2.48 bits per heavy atom. The molecule has 0 spiro atoms. The molecule has 2 aromatic rings. The number of hydrogen-bond acceptors (Lipinski definition) is 5. The van der Waals surface area contributed by atoms with Gasteiger partial charge in [0.2, 0.25) is 0 Å². The molecule has 0 radical (unpaired) electrons. The zero-order chi connectivity index (χ0) is 21.8. The summed E-state index contributed by atoms with van der Waals surface area (Å²) < 4.78 is 12.1. The van der Waals surface area contributed by atoms with Crippen molar-refractivity contribution in [3.05, 3.63) is 46.4 Å². The van der Waals surface area contributed by atoms with Crippen molar-refractivity contribution in [1.82, 2.24) is 4.90 Å². The minimum atomic E-state index is 0.482. The maximum absolute atomic E-state index is 5.58. The van der Waals surface area contributed by atoms with Crippen molar-refractivity contribution in [2.75, 3.05) is 45.3 Å². The molecule has 4 rings (SSSR count). The molecular formula is C24H29BrN4O2. The van der Waals surface area contributed by atoms with Crippen molar-refractivity contribution < 1.29 is 9.47 Å². The predicted molar refractivity (Wildman–Crippen MR) is 131 cm³/mol. The summed E-state index contributed by atoms with van der Waals surface area (Å²) in [6.45, 7) is 8.36. The number of hydrogen-bond donors (Lipinski definition) is 0.